The summed E-state index contributed by atoms with van der Waals surface area (Å²) in [5, 5.41) is 7.45. The van der Waals surface area contributed by atoms with Crippen molar-refractivity contribution in [3.63, 3.8) is 0 Å². The van der Waals surface area contributed by atoms with E-state index < -0.39 is 0 Å². The molecule has 4 heteroatoms. The third-order valence-corrected chi connectivity index (χ3v) is 1.25. The van der Waals surface area contributed by atoms with Gasteiger partial charge in [0.2, 0.25) is 5.91 Å². The first kappa shape index (κ1) is 10.5. The lowest BCUT2D eigenvalue weighted by Gasteiger charge is -2.01. The fraction of sp³-hybridized carbons (Fsp3) is 0.571. The first-order valence-electron chi connectivity index (χ1n) is 3.51. The number of thiol groups is 1. The van der Waals surface area contributed by atoms with Gasteiger partial charge in [0.1, 0.15) is 0 Å². The molecule has 0 saturated carbocycles. The highest BCUT2D eigenvalue weighted by molar-refractivity contribution is 7.83. The zero-order valence-corrected chi connectivity index (χ0v) is 7.53. The molecule has 3 nitrogen and oxygen atoms in total. The number of amides is 1. The Bertz CT molecular complexity index is 136. The Hall–Kier alpha value is -0.480. The van der Waals surface area contributed by atoms with Crippen LogP contribution in [0.25, 0.3) is 0 Å². The van der Waals surface area contributed by atoms with Crippen molar-refractivity contribution in [1.82, 2.24) is 10.6 Å². The van der Waals surface area contributed by atoms with E-state index in [1.54, 1.807) is 5.41 Å². The molecule has 1 amide bonds. The van der Waals surface area contributed by atoms with Gasteiger partial charge in [0, 0.05) is 26.6 Å². The molecule has 0 fully saturated rings. The summed E-state index contributed by atoms with van der Waals surface area (Å²) < 4.78 is 0. The molecule has 0 atom stereocenters. The standard InChI is InChI=1S/C7H14N2OS/c1-7(10)9-5-4-8-3-2-6-11/h2,6,8,11H,3-5H2,1H3,(H,9,10). The Morgan fingerprint density at radius 2 is 2.27 bits per heavy atom. The lowest BCUT2D eigenvalue weighted by Crippen LogP contribution is -2.30. The van der Waals surface area contributed by atoms with E-state index in [-0.39, 0.29) is 5.91 Å². The number of carbonyl (C=O) groups is 1. The highest BCUT2D eigenvalue weighted by Gasteiger charge is 1.87. The zero-order chi connectivity index (χ0) is 8.53. The Morgan fingerprint density at radius 1 is 1.55 bits per heavy atom. The molecule has 0 saturated heterocycles. The van der Waals surface area contributed by atoms with Crippen LogP contribution in [0.15, 0.2) is 11.5 Å². The molecule has 0 unspecified atom stereocenters. The quantitative estimate of drug-likeness (QED) is 0.410. The van der Waals surface area contributed by atoms with Crippen LogP contribution in [0, 0.1) is 0 Å². The van der Waals surface area contributed by atoms with Crippen LogP contribution in [0.1, 0.15) is 6.92 Å². The van der Waals surface area contributed by atoms with Gasteiger partial charge in [-0.15, -0.1) is 0 Å². The van der Waals surface area contributed by atoms with E-state index in [0.29, 0.717) is 6.54 Å². The van der Waals surface area contributed by atoms with Gasteiger partial charge in [-0.2, -0.15) is 12.6 Å². The molecule has 0 aliphatic heterocycles. The molecule has 0 aromatic rings. The Kier molecular flexibility index (Phi) is 7.29. The molecule has 2 N–H and O–H groups in total. The van der Waals surface area contributed by atoms with Gasteiger partial charge in [-0.1, -0.05) is 6.08 Å². The topological polar surface area (TPSA) is 41.1 Å². The number of carbonyl (C=O) groups excluding carboxylic acids is 1. The molecule has 64 valence electrons. The van der Waals surface area contributed by atoms with Crippen LogP contribution < -0.4 is 10.6 Å². The van der Waals surface area contributed by atoms with E-state index in [1.807, 2.05) is 6.08 Å². The molecule has 11 heavy (non-hydrogen) atoms. The Morgan fingerprint density at radius 3 is 2.82 bits per heavy atom. The SMILES string of the molecule is CC(=O)NCCNCC=CS. The van der Waals surface area contributed by atoms with Gasteiger partial charge in [0.05, 0.1) is 0 Å². The van der Waals surface area contributed by atoms with Crippen LogP contribution in [0.5, 0.6) is 0 Å². The number of hydrogen-bond donors (Lipinski definition) is 3. The predicted octanol–water partition coefficient (Wildman–Crippen LogP) is 0.156. The van der Waals surface area contributed by atoms with Gasteiger partial charge in [-0.05, 0) is 5.41 Å². The minimum absolute atomic E-state index is 0.0107. The maximum absolute atomic E-state index is 10.4. The van der Waals surface area contributed by atoms with Gasteiger partial charge in [0.15, 0.2) is 0 Å². The zero-order valence-electron chi connectivity index (χ0n) is 6.63. The third kappa shape index (κ3) is 9.52. The molecule has 0 radical (unpaired) electrons. The molecular weight excluding hydrogens is 160 g/mol. The predicted molar refractivity (Wildman–Crippen MR) is 49.7 cm³/mol. The van der Waals surface area contributed by atoms with Crippen molar-refractivity contribution < 1.29 is 4.79 Å². The minimum atomic E-state index is 0.0107. The first-order chi connectivity index (χ1) is 5.27. The average molecular weight is 174 g/mol. The van der Waals surface area contributed by atoms with Crippen molar-refractivity contribution >= 4 is 18.5 Å². The van der Waals surface area contributed by atoms with Crippen LogP contribution >= 0.6 is 12.6 Å². The van der Waals surface area contributed by atoms with Gasteiger partial charge in [0.25, 0.3) is 0 Å². The van der Waals surface area contributed by atoms with Gasteiger partial charge >= 0.3 is 0 Å². The van der Waals surface area contributed by atoms with E-state index in [2.05, 4.69) is 23.3 Å². The van der Waals surface area contributed by atoms with Crippen molar-refractivity contribution in [3.05, 3.63) is 11.5 Å². The third-order valence-electron chi connectivity index (χ3n) is 1.04. The van der Waals surface area contributed by atoms with Crippen LogP contribution in [0.3, 0.4) is 0 Å². The molecule has 0 spiro atoms. The normalized spacial score (nSPS) is 10.4. The molecular formula is C7H14N2OS. The average Bonchev–Trinajstić information content (AvgIpc) is 1.96. The van der Waals surface area contributed by atoms with E-state index >= 15 is 0 Å². The van der Waals surface area contributed by atoms with Crippen LogP contribution in [-0.4, -0.2) is 25.5 Å². The maximum atomic E-state index is 10.4. The van der Waals surface area contributed by atoms with Crippen molar-refractivity contribution in [3.8, 4) is 0 Å². The van der Waals surface area contributed by atoms with E-state index in [4.69, 9.17) is 0 Å². The van der Waals surface area contributed by atoms with E-state index in [9.17, 15) is 4.79 Å². The summed E-state index contributed by atoms with van der Waals surface area (Å²) in [5.74, 6) is 0.0107. The summed E-state index contributed by atoms with van der Waals surface area (Å²) in [4.78, 5) is 10.4. The summed E-state index contributed by atoms with van der Waals surface area (Å²) in [7, 11) is 0. The van der Waals surface area contributed by atoms with Crippen LogP contribution in [-0.2, 0) is 4.79 Å². The van der Waals surface area contributed by atoms with Crippen molar-refractivity contribution in [2.24, 2.45) is 0 Å². The van der Waals surface area contributed by atoms with E-state index in [1.165, 1.54) is 6.92 Å². The summed E-state index contributed by atoms with van der Waals surface area (Å²) in [6.07, 6.45) is 1.90. The first-order valence-corrected chi connectivity index (χ1v) is 4.03. The molecule has 0 heterocycles. The monoisotopic (exact) mass is 174 g/mol. The van der Waals surface area contributed by atoms with Gasteiger partial charge in [-0.25, -0.2) is 0 Å². The molecule has 0 aromatic carbocycles. The second-order valence-corrected chi connectivity index (χ2v) is 2.37. The van der Waals surface area contributed by atoms with Crippen molar-refractivity contribution in [2.45, 2.75) is 6.92 Å². The lowest BCUT2D eigenvalue weighted by molar-refractivity contribution is -0.118. The second kappa shape index (κ2) is 7.63. The minimum Gasteiger partial charge on any atom is -0.355 e. The summed E-state index contributed by atoms with van der Waals surface area (Å²) in [5.41, 5.74) is 0. The van der Waals surface area contributed by atoms with Crippen LogP contribution in [0.4, 0.5) is 0 Å². The van der Waals surface area contributed by atoms with Gasteiger partial charge in [-0.3, -0.25) is 4.79 Å². The molecule has 0 aliphatic rings. The highest BCUT2D eigenvalue weighted by Crippen LogP contribution is 1.73. The largest absolute Gasteiger partial charge is 0.355 e. The lowest BCUT2D eigenvalue weighted by atomic mass is 10.5. The highest BCUT2D eigenvalue weighted by atomic mass is 32.1. The molecule has 0 aliphatic carbocycles. The van der Waals surface area contributed by atoms with Gasteiger partial charge < -0.3 is 10.6 Å². The summed E-state index contributed by atoms with van der Waals surface area (Å²) in [6.45, 7) is 3.77. The molecule has 0 bridgehead atoms. The number of rotatable bonds is 5. The van der Waals surface area contributed by atoms with Crippen LogP contribution in [0.2, 0.25) is 0 Å². The smallest absolute Gasteiger partial charge is 0.216 e. The van der Waals surface area contributed by atoms with Crippen molar-refractivity contribution in [1.29, 1.82) is 0 Å². The Labute approximate surface area is 72.7 Å². The fourth-order valence-electron chi connectivity index (χ4n) is 0.565. The Balaban J connectivity index is 2.96. The molecule has 0 aromatic heterocycles. The summed E-state index contributed by atoms with van der Waals surface area (Å²) >= 11 is 3.89. The summed E-state index contributed by atoms with van der Waals surface area (Å²) in [6, 6.07) is 0. The maximum Gasteiger partial charge on any atom is 0.216 e. The number of hydrogen-bond acceptors (Lipinski definition) is 3. The number of nitrogens with one attached hydrogen (secondary N) is 2. The second-order valence-electron chi connectivity index (χ2n) is 2.07. The molecule has 0 rings (SSSR count). The van der Waals surface area contributed by atoms with Crippen molar-refractivity contribution in [2.75, 3.05) is 19.6 Å². The van der Waals surface area contributed by atoms with E-state index in [0.717, 1.165) is 13.1 Å². The fourth-order valence-corrected chi connectivity index (χ4v) is 0.670.